The molecule has 4 atom stereocenters. The summed E-state index contributed by atoms with van der Waals surface area (Å²) in [5.74, 6) is 0.745. The van der Waals surface area contributed by atoms with Crippen molar-refractivity contribution in [3.05, 3.63) is 18.4 Å². The van der Waals surface area contributed by atoms with Crippen LogP contribution in [-0.2, 0) is 9.53 Å². The number of nitrogens with zero attached hydrogens (tertiary/aromatic N) is 1. The first-order valence-corrected chi connectivity index (χ1v) is 8.13. The van der Waals surface area contributed by atoms with Crippen molar-refractivity contribution in [3.8, 4) is 0 Å². The summed E-state index contributed by atoms with van der Waals surface area (Å²) in [6, 6.07) is 0.0560. The third kappa shape index (κ3) is 3.81. The molecule has 22 heavy (non-hydrogen) atoms. The number of amides is 1. The second-order valence-electron chi connectivity index (χ2n) is 7.34. The molecule has 1 saturated heterocycles. The molecule has 4 nitrogen and oxygen atoms in total. The zero-order valence-corrected chi connectivity index (χ0v) is 15.1. The van der Waals surface area contributed by atoms with E-state index in [-0.39, 0.29) is 30.1 Å². The number of carbonyl (C=O) groups is 1. The Hall–Kier alpha value is -1.09. The first-order valence-electron chi connectivity index (χ1n) is 8.13. The summed E-state index contributed by atoms with van der Waals surface area (Å²) in [5.41, 5.74) is 2.31. The van der Waals surface area contributed by atoms with Crippen molar-refractivity contribution < 1.29 is 9.53 Å². The van der Waals surface area contributed by atoms with E-state index in [1.807, 2.05) is 20.2 Å². The van der Waals surface area contributed by atoms with Crippen molar-refractivity contribution >= 4 is 5.91 Å². The molecule has 126 valence electrons. The molecular weight excluding hydrogens is 276 g/mol. The lowest BCUT2D eigenvalue weighted by atomic mass is 9.78. The first kappa shape index (κ1) is 19.0. The highest BCUT2D eigenvalue weighted by Gasteiger charge is 2.57. The van der Waals surface area contributed by atoms with Gasteiger partial charge >= 0.3 is 0 Å². The van der Waals surface area contributed by atoms with Crippen molar-refractivity contribution in [1.29, 1.82) is 0 Å². The molecule has 1 rings (SSSR count). The molecule has 0 aliphatic carbocycles. The molecule has 1 amide bonds. The number of rotatable bonds is 6. The molecule has 0 unspecified atom stereocenters. The van der Waals surface area contributed by atoms with Crippen LogP contribution in [0, 0.1) is 11.8 Å². The van der Waals surface area contributed by atoms with Gasteiger partial charge in [-0.25, -0.2) is 0 Å². The fourth-order valence-electron chi connectivity index (χ4n) is 3.79. The van der Waals surface area contributed by atoms with E-state index >= 15 is 0 Å². The van der Waals surface area contributed by atoms with Crippen LogP contribution in [0.1, 0.15) is 41.0 Å². The zero-order chi connectivity index (χ0) is 17.1. The van der Waals surface area contributed by atoms with Gasteiger partial charge in [-0.2, -0.15) is 0 Å². The first-order chi connectivity index (χ1) is 10.2. The molecule has 0 aromatic carbocycles. The number of nitrogens with one attached hydrogen (secondary N) is 1. The summed E-state index contributed by atoms with van der Waals surface area (Å²) >= 11 is 0. The van der Waals surface area contributed by atoms with E-state index < -0.39 is 5.54 Å². The van der Waals surface area contributed by atoms with E-state index in [0.717, 1.165) is 6.42 Å². The topological polar surface area (TPSA) is 41.6 Å². The predicted molar refractivity (Wildman–Crippen MR) is 90.7 cm³/mol. The van der Waals surface area contributed by atoms with Crippen LogP contribution in [-0.4, -0.2) is 48.7 Å². The molecular formula is C18H32N2O2. The second kappa shape index (κ2) is 7.45. The molecule has 0 saturated carbocycles. The Kier molecular flexibility index (Phi) is 6.42. The van der Waals surface area contributed by atoms with Crippen molar-refractivity contribution in [1.82, 2.24) is 10.2 Å². The SMILES string of the molecule is C=C=C[C@]1(NC(C)=O)[C@H](C(C)C)O[C@H](CC(C)C)[C@H]1N(C)C. The van der Waals surface area contributed by atoms with Gasteiger partial charge in [0, 0.05) is 6.92 Å². The molecule has 4 heteroatoms. The van der Waals surface area contributed by atoms with Gasteiger partial charge in [-0.1, -0.05) is 34.3 Å². The minimum atomic E-state index is -0.592. The maximum Gasteiger partial charge on any atom is 0.217 e. The van der Waals surface area contributed by atoms with Crippen LogP contribution >= 0.6 is 0 Å². The highest BCUT2D eigenvalue weighted by molar-refractivity contribution is 5.74. The van der Waals surface area contributed by atoms with Crippen molar-refractivity contribution in [3.63, 3.8) is 0 Å². The summed E-state index contributed by atoms with van der Waals surface area (Å²) in [6.07, 6.45) is 2.82. The average molecular weight is 308 g/mol. The van der Waals surface area contributed by atoms with Gasteiger partial charge in [-0.15, -0.1) is 5.73 Å². The summed E-state index contributed by atoms with van der Waals surface area (Å²) < 4.78 is 6.42. The summed E-state index contributed by atoms with van der Waals surface area (Å²) in [6.45, 7) is 13.9. The predicted octanol–water partition coefficient (Wildman–Crippen LogP) is 2.60. The van der Waals surface area contributed by atoms with Gasteiger partial charge < -0.3 is 15.0 Å². The van der Waals surface area contributed by atoms with Crippen molar-refractivity contribution in [2.75, 3.05) is 14.1 Å². The highest BCUT2D eigenvalue weighted by Crippen LogP contribution is 2.40. The van der Waals surface area contributed by atoms with Crippen molar-refractivity contribution in [2.24, 2.45) is 11.8 Å². The van der Waals surface area contributed by atoms with Gasteiger partial charge in [-0.3, -0.25) is 4.79 Å². The molecule has 0 aromatic heterocycles. The Bertz CT molecular complexity index is 438. The normalized spacial score (nSPS) is 31.6. The number of likely N-dealkylation sites (N-methyl/N-ethyl adjacent to an activating group) is 1. The van der Waals surface area contributed by atoms with Gasteiger partial charge in [-0.05, 0) is 38.4 Å². The number of ether oxygens (including phenoxy) is 1. The van der Waals surface area contributed by atoms with Gasteiger partial charge in [0.15, 0.2) is 0 Å². The van der Waals surface area contributed by atoms with Crippen LogP contribution in [0.15, 0.2) is 18.4 Å². The number of carbonyl (C=O) groups excluding carboxylic acids is 1. The lowest BCUT2D eigenvalue weighted by molar-refractivity contribution is -0.121. The Morgan fingerprint density at radius 3 is 2.36 bits per heavy atom. The van der Waals surface area contributed by atoms with Crippen molar-refractivity contribution in [2.45, 2.75) is 64.8 Å². The third-order valence-electron chi connectivity index (χ3n) is 4.23. The van der Waals surface area contributed by atoms with Gasteiger partial charge in [0.25, 0.3) is 0 Å². The molecule has 1 aliphatic heterocycles. The Labute approximate surface area is 135 Å². The molecule has 0 bridgehead atoms. The molecule has 1 heterocycles. The van der Waals surface area contributed by atoms with Crippen LogP contribution in [0.4, 0.5) is 0 Å². The molecule has 1 aliphatic rings. The number of hydrogen-bond acceptors (Lipinski definition) is 3. The van der Waals surface area contributed by atoms with E-state index in [4.69, 9.17) is 4.74 Å². The molecule has 0 aromatic rings. The maximum atomic E-state index is 11.9. The zero-order valence-electron chi connectivity index (χ0n) is 15.1. The van der Waals surface area contributed by atoms with Crippen LogP contribution in [0.5, 0.6) is 0 Å². The van der Waals surface area contributed by atoms with Gasteiger partial charge in [0.2, 0.25) is 5.91 Å². The van der Waals surface area contributed by atoms with Crippen LogP contribution < -0.4 is 5.32 Å². The Morgan fingerprint density at radius 1 is 1.41 bits per heavy atom. The molecule has 0 spiro atoms. The molecule has 0 radical (unpaired) electrons. The number of hydrogen-bond donors (Lipinski definition) is 1. The minimum absolute atomic E-state index is 0.0560. The standard InChI is InChI=1S/C18H32N2O2/c1-9-10-18(19-14(6)21)16(20(7)8)15(11-12(2)3)22-17(18)13(4)5/h10,12-13,15-17H,1,11H2,2-8H3,(H,19,21)/t15-,16-,17+,18-/m1/s1. The van der Waals surface area contributed by atoms with Crippen LogP contribution in [0.3, 0.4) is 0 Å². The molecule has 1 fully saturated rings. The lowest BCUT2D eigenvalue weighted by Gasteiger charge is -2.41. The quantitative estimate of drug-likeness (QED) is 0.767. The van der Waals surface area contributed by atoms with E-state index in [1.54, 1.807) is 6.92 Å². The minimum Gasteiger partial charge on any atom is -0.370 e. The largest absolute Gasteiger partial charge is 0.370 e. The summed E-state index contributed by atoms with van der Waals surface area (Å²) in [7, 11) is 4.08. The third-order valence-corrected chi connectivity index (χ3v) is 4.23. The summed E-state index contributed by atoms with van der Waals surface area (Å²) in [4.78, 5) is 14.0. The monoisotopic (exact) mass is 308 g/mol. The second-order valence-corrected chi connectivity index (χ2v) is 7.34. The fraction of sp³-hybridized carbons (Fsp3) is 0.778. The summed E-state index contributed by atoms with van der Waals surface area (Å²) in [5, 5.41) is 3.16. The van der Waals surface area contributed by atoms with E-state index in [1.165, 1.54) is 0 Å². The Morgan fingerprint density at radius 2 is 2.00 bits per heavy atom. The highest BCUT2D eigenvalue weighted by atomic mass is 16.5. The lowest BCUT2D eigenvalue weighted by Crippen LogP contribution is -2.64. The van der Waals surface area contributed by atoms with E-state index in [2.05, 4.69) is 50.2 Å². The average Bonchev–Trinajstić information content (AvgIpc) is 2.62. The van der Waals surface area contributed by atoms with Gasteiger partial charge in [0.1, 0.15) is 5.54 Å². The molecule has 1 N–H and O–H groups in total. The fourth-order valence-corrected chi connectivity index (χ4v) is 3.79. The maximum absolute atomic E-state index is 11.9. The van der Waals surface area contributed by atoms with E-state index in [9.17, 15) is 4.79 Å². The van der Waals surface area contributed by atoms with E-state index in [0.29, 0.717) is 5.92 Å². The van der Waals surface area contributed by atoms with Crippen LogP contribution in [0.25, 0.3) is 0 Å². The van der Waals surface area contributed by atoms with Crippen LogP contribution in [0.2, 0.25) is 0 Å². The van der Waals surface area contributed by atoms with Gasteiger partial charge in [0.05, 0.1) is 18.2 Å². The smallest absolute Gasteiger partial charge is 0.217 e. The Balaban J connectivity index is 3.39.